The van der Waals surface area contributed by atoms with Crippen molar-refractivity contribution in [1.29, 1.82) is 0 Å². The number of nitrogens with one attached hydrogen (secondary N) is 1. The molecule has 0 radical (unpaired) electrons. The van der Waals surface area contributed by atoms with Crippen molar-refractivity contribution in [2.75, 3.05) is 33.2 Å². The molecule has 5 nitrogen and oxygen atoms in total. The van der Waals surface area contributed by atoms with Gasteiger partial charge in [0, 0.05) is 18.7 Å². The Labute approximate surface area is 100 Å². The van der Waals surface area contributed by atoms with Crippen LogP contribution >= 0.6 is 0 Å². The van der Waals surface area contributed by atoms with Gasteiger partial charge in [-0.3, -0.25) is 0 Å². The van der Waals surface area contributed by atoms with Crippen molar-refractivity contribution in [1.82, 2.24) is 5.32 Å². The van der Waals surface area contributed by atoms with Crippen molar-refractivity contribution < 1.29 is 19.3 Å². The normalized spacial score (nSPS) is 13.0. The first-order valence-electron chi connectivity index (χ1n) is 5.68. The second-order valence-corrected chi connectivity index (χ2v) is 3.66. The van der Waals surface area contributed by atoms with Crippen LogP contribution in [0.4, 0.5) is 0 Å². The van der Waals surface area contributed by atoms with E-state index in [1.807, 2.05) is 18.2 Å². The van der Waals surface area contributed by atoms with Crippen LogP contribution in [0, 0.1) is 0 Å². The third-order valence-corrected chi connectivity index (χ3v) is 2.45. The lowest BCUT2D eigenvalue weighted by molar-refractivity contribution is 0.0937. The highest BCUT2D eigenvalue weighted by Crippen LogP contribution is 2.34. The summed E-state index contributed by atoms with van der Waals surface area (Å²) in [6, 6.07) is 5.86. The number of ether oxygens (including phenoxy) is 3. The Morgan fingerprint density at radius 3 is 3.12 bits per heavy atom. The summed E-state index contributed by atoms with van der Waals surface area (Å²) in [6.45, 7) is 2.80. The van der Waals surface area contributed by atoms with E-state index in [2.05, 4.69) is 5.32 Å². The fraction of sp³-hybridized carbons (Fsp3) is 0.500. The van der Waals surface area contributed by atoms with Crippen LogP contribution in [0.1, 0.15) is 5.56 Å². The standard InChI is InChI=1S/C12H17NO4/c14-5-7-15-6-4-13-8-10-2-1-3-11-12(10)17-9-16-11/h1-3,13-14H,4-9H2. The minimum Gasteiger partial charge on any atom is -0.454 e. The fourth-order valence-electron chi connectivity index (χ4n) is 1.66. The van der Waals surface area contributed by atoms with Gasteiger partial charge in [0.1, 0.15) is 0 Å². The Morgan fingerprint density at radius 2 is 2.24 bits per heavy atom. The van der Waals surface area contributed by atoms with E-state index in [1.54, 1.807) is 0 Å². The zero-order valence-corrected chi connectivity index (χ0v) is 9.65. The Morgan fingerprint density at radius 1 is 1.29 bits per heavy atom. The molecule has 0 unspecified atom stereocenters. The van der Waals surface area contributed by atoms with E-state index in [-0.39, 0.29) is 6.61 Å². The third-order valence-electron chi connectivity index (χ3n) is 2.45. The SMILES string of the molecule is OCCOCCNCc1cccc2c1OCO2. The second kappa shape index (κ2) is 6.44. The van der Waals surface area contributed by atoms with Crippen LogP contribution in [0.25, 0.3) is 0 Å². The zero-order chi connectivity index (χ0) is 11.9. The Hall–Kier alpha value is -1.30. The summed E-state index contributed by atoms with van der Waals surface area (Å²) in [4.78, 5) is 0. The molecule has 0 amide bonds. The van der Waals surface area contributed by atoms with Crippen molar-refractivity contribution in [3.8, 4) is 11.5 Å². The molecule has 0 aliphatic carbocycles. The number of aliphatic hydroxyl groups is 1. The first-order chi connectivity index (χ1) is 8.42. The summed E-state index contributed by atoms with van der Waals surface area (Å²) in [7, 11) is 0. The molecule has 1 heterocycles. The maximum absolute atomic E-state index is 8.53. The molecule has 0 fully saturated rings. The lowest BCUT2D eigenvalue weighted by Gasteiger charge is -2.07. The molecule has 0 atom stereocenters. The molecule has 0 bridgehead atoms. The largest absolute Gasteiger partial charge is 0.454 e. The quantitative estimate of drug-likeness (QED) is 0.679. The van der Waals surface area contributed by atoms with Gasteiger partial charge in [-0.1, -0.05) is 12.1 Å². The molecule has 1 aromatic rings. The predicted octanol–water partition coefficient (Wildman–Crippen LogP) is 0.514. The molecule has 1 aliphatic rings. The van der Waals surface area contributed by atoms with Gasteiger partial charge < -0.3 is 24.6 Å². The van der Waals surface area contributed by atoms with E-state index in [9.17, 15) is 0 Å². The molecule has 1 aromatic carbocycles. The van der Waals surface area contributed by atoms with E-state index in [1.165, 1.54) is 0 Å². The molecule has 0 saturated heterocycles. The summed E-state index contributed by atoms with van der Waals surface area (Å²) < 4.78 is 15.8. The smallest absolute Gasteiger partial charge is 0.231 e. The third kappa shape index (κ3) is 3.33. The molecule has 17 heavy (non-hydrogen) atoms. The minimum atomic E-state index is 0.0668. The summed E-state index contributed by atoms with van der Waals surface area (Å²) >= 11 is 0. The van der Waals surface area contributed by atoms with Crippen LogP contribution in [0.2, 0.25) is 0 Å². The Kier molecular flexibility index (Phi) is 4.61. The maximum atomic E-state index is 8.53. The van der Waals surface area contributed by atoms with Crippen LogP contribution in [0.5, 0.6) is 11.5 Å². The van der Waals surface area contributed by atoms with Crippen LogP contribution in [0.15, 0.2) is 18.2 Å². The molecule has 94 valence electrons. The number of para-hydroxylation sites is 1. The van der Waals surface area contributed by atoms with E-state index >= 15 is 0 Å². The van der Waals surface area contributed by atoms with Gasteiger partial charge in [-0.15, -0.1) is 0 Å². The van der Waals surface area contributed by atoms with E-state index in [0.717, 1.165) is 30.2 Å². The summed E-state index contributed by atoms with van der Waals surface area (Å²) in [5.41, 5.74) is 1.09. The van der Waals surface area contributed by atoms with Gasteiger partial charge in [0.25, 0.3) is 0 Å². The van der Waals surface area contributed by atoms with E-state index in [4.69, 9.17) is 19.3 Å². The van der Waals surface area contributed by atoms with Gasteiger partial charge in [-0.2, -0.15) is 0 Å². The molecular weight excluding hydrogens is 222 g/mol. The van der Waals surface area contributed by atoms with Crippen molar-refractivity contribution in [2.24, 2.45) is 0 Å². The fourth-order valence-corrected chi connectivity index (χ4v) is 1.66. The molecule has 0 aromatic heterocycles. The van der Waals surface area contributed by atoms with Gasteiger partial charge in [-0.05, 0) is 6.07 Å². The lowest BCUT2D eigenvalue weighted by Crippen LogP contribution is -2.20. The average molecular weight is 239 g/mol. The van der Waals surface area contributed by atoms with E-state index < -0.39 is 0 Å². The van der Waals surface area contributed by atoms with Gasteiger partial charge in [0.15, 0.2) is 11.5 Å². The van der Waals surface area contributed by atoms with Gasteiger partial charge in [0.05, 0.1) is 19.8 Å². The molecule has 5 heteroatoms. The van der Waals surface area contributed by atoms with Crippen LogP contribution < -0.4 is 14.8 Å². The maximum Gasteiger partial charge on any atom is 0.231 e. The molecular formula is C12H17NO4. The van der Waals surface area contributed by atoms with Crippen molar-refractivity contribution in [3.63, 3.8) is 0 Å². The Bertz CT molecular complexity index is 356. The lowest BCUT2D eigenvalue weighted by atomic mass is 10.2. The molecule has 2 N–H and O–H groups in total. The predicted molar refractivity (Wildman–Crippen MR) is 62.2 cm³/mol. The first-order valence-corrected chi connectivity index (χ1v) is 5.68. The number of hydrogen-bond acceptors (Lipinski definition) is 5. The van der Waals surface area contributed by atoms with Crippen LogP contribution in [-0.4, -0.2) is 38.3 Å². The highest BCUT2D eigenvalue weighted by atomic mass is 16.7. The molecule has 1 aliphatic heterocycles. The van der Waals surface area contributed by atoms with Gasteiger partial charge >= 0.3 is 0 Å². The summed E-state index contributed by atoms with van der Waals surface area (Å²) in [5.74, 6) is 1.64. The summed E-state index contributed by atoms with van der Waals surface area (Å²) in [5, 5.41) is 11.8. The zero-order valence-electron chi connectivity index (χ0n) is 9.65. The van der Waals surface area contributed by atoms with Gasteiger partial charge in [-0.25, -0.2) is 0 Å². The molecule has 2 rings (SSSR count). The Balaban J connectivity index is 1.74. The molecule has 0 saturated carbocycles. The van der Waals surface area contributed by atoms with Crippen LogP contribution in [-0.2, 0) is 11.3 Å². The van der Waals surface area contributed by atoms with Crippen molar-refractivity contribution >= 4 is 0 Å². The number of benzene rings is 1. The van der Waals surface area contributed by atoms with Crippen molar-refractivity contribution in [2.45, 2.75) is 6.54 Å². The number of aliphatic hydroxyl groups excluding tert-OH is 1. The average Bonchev–Trinajstić information content (AvgIpc) is 2.82. The van der Waals surface area contributed by atoms with Gasteiger partial charge in [0.2, 0.25) is 6.79 Å². The monoisotopic (exact) mass is 239 g/mol. The highest BCUT2D eigenvalue weighted by molar-refractivity contribution is 5.48. The second-order valence-electron chi connectivity index (χ2n) is 3.66. The van der Waals surface area contributed by atoms with Crippen molar-refractivity contribution in [3.05, 3.63) is 23.8 Å². The number of fused-ring (bicyclic) bond motifs is 1. The number of rotatable bonds is 7. The topological polar surface area (TPSA) is 60.0 Å². The van der Waals surface area contributed by atoms with Crippen LogP contribution in [0.3, 0.4) is 0 Å². The molecule has 0 spiro atoms. The number of hydrogen-bond donors (Lipinski definition) is 2. The van der Waals surface area contributed by atoms with E-state index in [0.29, 0.717) is 20.0 Å². The highest BCUT2D eigenvalue weighted by Gasteiger charge is 2.16. The first kappa shape index (κ1) is 12.2. The minimum absolute atomic E-state index is 0.0668. The summed E-state index contributed by atoms with van der Waals surface area (Å²) in [6.07, 6.45) is 0.